The summed E-state index contributed by atoms with van der Waals surface area (Å²) in [6, 6.07) is 5.46. The molecule has 1 unspecified atom stereocenters. The fraction of sp³-hybridized carbons (Fsp3) is 0.429. The Kier molecular flexibility index (Phi) is 3.85. The first kappa shape index (κ1) is 13.5. The maximum Gasteiger partial charge on any atom is 0.246 e. The van der Waals surface area contributed by atoms with Crippen molar-refractivity contribution < 1.29 is 14.3 Å². The molecule has 0 spiro atoms. The van der Waals surface area contributed by atoms with Crippen LogP contribution in [0.2, 0.25) is 0 Å². The number of carbonyl (C=O) groups excluding carboxylic acids is 2. The molecule has 1 aromatic rings. The molecule has 5 nitrogen and oxygen atoms in total. The van der Waals surface area contributed by atoms with Crippen molar-refractivity contribution in [3.8, 4) is 5.75 Å². The summed E-state index contributed by atoms with van der Waals surface area (Å²) in [5.74, 6) is 0.555. The molecule has 1 saturated heterocycles. The Morgan fingerprint density at radius 1 is 1.42 bits per heavy atom. The number of rotatable bonds is 4. The number of hydrogen-bond acceptors (Lipinski definition) is 4. The van der Waals surface area contributed by atoms with Crippen molar-refractivity contribution in [3.05, 3.63) is 29.3 Å². The van der Waals surface area contributed by atoms with Crippen LogP contribution in [0.5, 0.6) is 5.75 Å². The molecule has 0 radical (unpaired) electrons. The van der Waals surface area contributed by atoms with Crippen molar-refractivity contribution in [2.45, 2.75) is 25.9 Å². The Labute approximate surface area is 112 Å². The maximum atomic E-state index is 11.7. The van der Waals surface area contributed by atoms with Crippen molar-refractivity contribution in [3.63, 3.8) is 0 Å². The van der Waals surface area contributed by atoms with Crippen LogP contribution in [0.15, 0.2) is 18.2 Å². The minimum atomic E-state index is -0.403. The molecule has 1 aliphatic rings. The number of imide groups is 1. The Hall–Kier alpha value is -1.88. The minimum Gasteiger partial charge on any atom is -0.496 e. The summed E-state index contributed by atoms with van der Waals surface area (Å²) in [7, 11) is 3.16. The number of methoxy groups -OCH3 is 1. The molecule has 0 saturated carbocycles. The highest BCUT2D eigenvalue weighted by Gasteiger charge is 2.35. The monoisotopic (exact) mass is 262 g/mol. The van der Waals surface area contributed by atoms with Crippen LogP contribution < -0.4 is 10.1 Å². The summed E-state index contributed by atoms with van der Waals surface area (Å²) in [6.45, 7) is 2.53. The molecule has 0 bridgehead atoms. The van der Waals surface area contributed by atoms with E-state index in [1.54, 1.807) is 7.11 Å². The molecule has 1 atom stereocenters. The molecular formula is C14H18N2O3. The molecule has 19 heavy (non-hydrogen) atoms. The Morgan fingerprint density at radius 3 is 2.68 bits per heavy atom. The van der Waals surface area contributed by atoms with Crippen LogP contribution in [0.3, 0.4) is 0 Å². The molecule has 1 heterocycles. The third-order valence-electron chi connectivity index (χ3n) is 3.39. The first-order valence-electron chi connectivity index (χ1n) is 6.20. The van der Waals surface area contributed by atoms with Gasteiger partial charge in [0, 0.05) is 13.6 Å². The number of nitrogens with one attached hydrogen (secondary N) is 1. The predicted octanol–water partition coefficient (Wildman–Crippen LogP) is 0.851. The summed E-state index contributed by atoms with van der Waals surface area (Å²) in [6.07, 6.45) is 0.241. The fourth-order valence-electron chi connectivity index (χ4n) is 2.21. The molecule has 2 amide bonds. The van der Waals surface area contributed by atoms with Crippen LogP contribution in [0.25, 0.3) is 0 Å². The Bertz CT molecular complexity index is 513. The van der Waals surface area contributed by atoms with E-state index in [0.29, 0.717) is 6.54 Å². The quantitative estimate of drug-likeness (QED) is 0.817. The highest BCUT2D eigenvalue weighted by molar-refractivity contribution is 6.05. The number of likely N-dealkylation sites (tertiary alicyclic amines) is 1. The van der Waals surface area contributed by atoms with Gasteiger partial charge in [-0.2, -0.15) is 0 Å². The number of ether oxygens (including phenoxy) is 1. The molecular weight excluding hydrogens is 244 g/mol. The lowest BCUT2D eigenvalue weighted by Crippen LogP contribution is -2.36. The number of nitrogens with zero attached hydrogens (tertiary/aromatic N) is 1. The maximum absolute atomic E-state index is 11.7. The first-order valence-corrected chi connectivity index (χ1v) is 6.20. The molecule has 5 heteroatoms. The highest BCUT2D eigenvalue weighted by atomic mass is 16.5. The summed E-state index contributed by atoms with van der Waals surface area (Å²) in [5.41, 5.74) is 2.11. The van der Waals surface area contributed by atoms with Gasteiger partial charge < -0.3 is 10.1 Å². The van der Waals surface area contributed by atoms with Gasteiger partial charge in [0.05, 0.1) is 19.6 Å². The molecule has 1 N–H and O–H groups in total. The van der Waals surface area contributed by atoms with E-state index < -0.39 is 6.04 Å². The largest absolute Gasteiger partial charge is 0.496 e. The van der Waals surface area contributed by atoms with E-state index in [0.717, 1.165) is 16.9 Å². The van der Waals surface area contributed by atoms with Gasteiger partial charge in [-0.15, -0.1) is 0 Å². The summed E-state index contributed by atoms with van der Waals surface area (Å²) >= 11 is 0. The number of benzene rings is 1. The van der Waals surface area contributed by atoms with Crippen LogP contribution in [-0.2, 0) is 16.1 Å². The third kappa shape index (κ3) is 2.76. The van der Waals surface area contributed by atoms with Gasteiger partial charge in [-0.3, -0.25) is 14.5 Å². The summed E-state index contributed by atoms with van der Waals surface area (Å²) in [5, 5.41) is 3.12. The van der Waals surface area contributed by atoms with Crippen LogP contribution in [0.4, 0.5) is 0 Å². The molecule has 102 valence electrons. The van der Waals surface area contributed by atoms with E-state index in [-0.39, 0.29) is 18.2 Å². The average molecular weight is 262 g/mol. The SMILES string of the molecule is COc1ccc(CNC2CC(=O)N(C)C2=O)cc1C. The summed E-state index contributed by atoms with van der Waals surface area (Å²) in [4.78, 5) is 24.3. The number of aryl methyl sites for hydroxylation is 1. The van der Waals surface area contributed by atoms with Crippen molar-refractivity contribution >= 4 is 11.8 Å². The van der Waals surface area contributed by atoms with Crippen molar-refractivity contribution in [2.75, 3.05) is 14.2 Å². The minimum absolute atomic E-state index is 0.131. The average Bonchev–Trinajstić information content (AvgIpc) is 2.64. The predicted molar refractivity (Wildman–Crippen MR) is 70.8 cm³/mol. The fourth-order valence-corrected chi connectivity index (χ4v) is 2.21. The number of likely N-dealkylation sites (N-methyl/N-ethyl adjacent to an activating group) is 1. The van der Waals surface area contributed by atoms with Crippen LogP contribution in [0.1, 0.15) is 17.5 Å². The summed E-state index contributed by atoms with van der Waals surface area (Å²) < 4.78 is 5.20. The molecule has 0 aromatic heterocycles. The van der Waals surface area contributed by atoms with Gasteiger partial charge in [0.25, 0.3) is 0 Å². The van der Waals surface area contributed by atoms with E-state index >= 15 is 0 Å². The van der Waals surface area contributed by atoms with Crippen LogP contribution in [-0.4, -0.2) is 36.9 Å². The molecule has 1 fully saturated rings. The number of hydrogen-bond donors (Lipinski definition) is 1. The van der Waals surface area contributed by atoms with Crippen molar-refractivity contribution in [1.29, 1.82) is 0 Å². The molecule has 1 aromatic carbocycles. The van der Waals surface area contributed by atoms with Gasteiger partial charge in [-0.1, -0.05) is 12.1 Å². The van der Waals surface area contributed by atoms with Gasteiger partial charge in [0.2, 0.25) is 11.8 Å². The van der Waals surface area contributed by atoms with E-state index in [1.807, 2.05) is 25.1 Å². The second-order valence-corrected chi connectivity index (χ2v) is 4.73. The topological polar surface area (TPSA) is 58.6 Å². The number of carbonyl (C=O) groups is 2. The van der Waals surface area contributed by atoms with Crippen LogP contribution in [0, 0.1) is 6.92 Å². The van der Waals surface area contributed by atoms with Crippen molar-refractivity contribution in [1.82, 2.24) is 10.2 Å². The van der Waals surface area contributed by atoms with Crippen LogP contribution >= 0.6 is 0 Å². The Balaban J connectivity index is 1.98. The van der Waals surface area contributed by atoms with Gasteiger partial charge in [-0.25, -0.2) is 0 Å². The molecule has 0 aliphatic carbocycles. The zero-order valence-electron chi connectivity index (χ0n) is 11.4. The van der Waals surface area contributed by atoms with E-state index in [1.165, 1.54) is 11.9 Å². The standard InChI is InChI=1S/C14H18N2O3/c1-9-6-10(4-5-12(9)19-3)8-15-11-7-13(17)16(2)14(11)18/h4-6,11,15H,7-8H2,1-3H3. The third-order valence-corrected chi connectivity index (χ3v) is 3.39. The normalized spacial score (nSPS) is 19.1. The first-order chi connectivity index (χ1) is 9.02. The number of amides is 2. The second-order valence-electron chi connectivity index (χ2n) is 4.73. The van der Waals surface area contributed by atoms with Gasteiger partial charge >= 0.3 is 0 Å². The van der Waals surface area contributed by atoms with E-state index in [9.17, 15) is 9.59 Å². The zero-order chi connectivity index (χ0) is 14.0. The Morgan fingerprint density at radius 2 is 2.16 bits per heavy atom. The molecule has 1 aliphatic heterocycles. The second kappa shape index (κ2) is 5.40. The van der Waals surface area contributed by atoms with E-state index in [2.05, 4.69) is 5.32 Å². The van der Waals surface area contributed by atoms with E-state index in [4.69, 9.17) is 4.74 Å². The lowest BCUT2D eigenvalue weighted by molar-refractivity contribution is -0.137. The van der Waals surface area contributed by atoms with Gasteiger partial charge in [0.15, 0.2) is 0 Å². The zero-order valence-corrected chi connectivity index (χ0v) is 11.4. The van der Waals surface area contributed by atoms with Gasteiger partial charge in [-0.05, 0) is 24.1 Å². The lowest BCUT2D eigenvalue weighted by atomic mass is 10.1. The van der Waals surface area contributed by atoms with Crippen molar-refractivity contribution in [2.24, 2.45) is 0 Å². The smallest absolute Gasteiger partial charge is 0.246 e. The van der Waals surface area contributed by atoms with Gasteiger partial charge in [0.1, 0.15) is 5.75 Å². The lowest BCUT2D eigenvalue weighted by Gasteiger charge is -2.12. The molecule has 2 rings (SSSR count). The highest BCUT2D eigenvalue weighted by Crippen LogP contribution is 2.19.